The van der Waals surface area contributed by atoms with E-state index in [2.05, 4.69) is 34.0 Å². The second-order valence-electron chi connectivity index (χ2n) is 7.29. The zero-order valence-corrected chi connectivity index (χ0v) is 16.0. The van der Waals surface area contributed by atoms with Crippen molar-refractivity contribution in [3.05, 3.63) is 47.3 Å². The first-order chi connectivity index (χ1) is 12.5. The van der Waals surface area contributed by atoms with Crippen molar-refractivity contribution >= 4 is 17.5 Å². The monoisotopic (exact) mass is 352 g/mol. The Bertz CT molecular complexity index is 764. The first-order valence-electron chi connectivity index (χ1n) is 9.55. The topological polar surface area (TPSA) is 58.1 Å². The minimum absolute atomic E-state index is 0.181. The molecular formula is C21H28N4O. The van der Waals surface area contributed by atoms with E-state index in [1.165, 1.54) is 12.8 Å². The van der Waals surface area contributed by atoms with E-state index < -0.39 is 0 Å². The highest BCUT2D eigenvalue weighted by molar-refractivity contribution is 6.03. The van der Waals surface area contributed by atoms with Gasteiger partial charge in [-0.25, -0.2) is 9.97 Å². The number of nitrogens with one attached hydrogen (secondary N) is 1. The van der Waals surface area contributed by atoms with Crippen molar-refractivity contribution in [2.24, 2.45) is 0 Å². The van der Waals surface area contributed by atoms with Crippen LogP contribution in [0.5, 0.6) is 0 Å². The highest BCUT2D eigenvalue weighted by Gasteiger charge is 2.17. The molecule has 5 nitrogen and oxygen atoms in total. The Morgan fingerprint density at radius 3 is 2.46 bits per heavy atom. The number of hydrogen-bond donors (Lipinski definition) is 1. The standard InChI is InChI=1S/C21H28N4O/c1-15(2)17-10-6-7-11-18(17)23-20(26)19-14-16(3)22-21(24-19)25-12-8-4-5-9-13-25/h6-7,10-11,14-15H,4-5,8-9,12-13H2,1-3H3,(H,23,26). The molecule has 0 spiro atoms. The number of anilines is 2. The van der Waals surface area contributed by atoms with Crippen molar-refractivity contribution in [3.63, 3.8) is 0 Å². The third-order valence-electron chi connectivity index (χ3n) is 4.79. The van der Waals surface area contributed by atoms with Gasteiger partial charge < -0.3 is 10.2 Å². The van der Waals surface area contributed by atoms with Gasteiger partial charge in [0.1, 0.15) is 5.69 Å². The van der Waals surface area contributed by atoms with Gasteiger partial charge in [0.25, 0.3) is 5.91 Å². The van der Waals surface area contributed by atoms with Crippen LogP contribution < -0.4 is 10.2 Å². The maximum absolute atomic E-state index is 12.8. The summed E-state index contributed by atoms with van der Waals surface area (Å²) in [7, 11) is 0. The molecule has 1 amide bonds. The number of rotatable bonds is 4. The number of amides is 1. The average Bonchev–Trinajstić information content (AvgIpc) is 2.91. The van der Waals surface area contributed by atoms with Crippen LogP contribution in [0.2, 0.25) is 0 Å². The minimum atomic E-state index is -0.181. The highest BCUT2D eigenvalue weighted by Crippen LogP contribution is 2.24. The number of carbonyl (C=O) groups excluding carboxylic acids is 1. The molecular weight excluding hydrogens is 324 g/mol. The Kier molecular flexibility index (Phi) is 5.86. The molecule has 0 radical (unpaired) electrons. The fourth-order valence-corrected chi connectivity index (χ4v) is 3.38. The van der Waals surface area contributed by atoms with Crippen molar-refractivity contribution in [3.8, 4) is 0 Å². The second-order valence-corrected chi connectivity index (χ2v) is 7.29. The van der Waals surface area contributed by atoms with Crippen LogP contribution in [-0.4, -0.2) is 29.0 Å². The van der Waals surface area contributed by atoms with Gasteiger partial charge in [-0.2, -0.15) is 0 Å². The summed E-state index contributed by atoms with van der Waals surface area (Å²) in [5.41, 5.74) is 3.22. The summed E-state index contributed by atoms with van der Waals surface area (Å²) in [6, 6.07) is 9.69. The summed E-state index contributed by atoms with van der Waals surface area (Å²) in [4.78, 5) is 24.2. The maximum atomic E-state index is 12.8. The Morgan fingerprint density at radius 1 is 1.08 bits per heavy atom. The Hall–Kier alpha value is -2.43. The van der Waals surface area contributed by atoms with E-state index in [0.717, 1.165) is 42.9 Å². The molecule has 2 aromatic rings. The Balaban J connectivity index is 1.83. The average molecular weight is 352 g/mol. The first-order valence-corrected chi connectivity index (χ1v) is 9.55. The fraction of sp³-hybridized carbons (Fsp3) is 0.476. The molecule has 0 atom stereocenters. The summed E-state index contributed by atoms with van der Waals surface area (Å²) in [5, 5.41) is 3.03. The van der Waals surface area contributed by atoms with E-state index in [-0.39, 0.29) is 5.91 Å². The molecule has 1 N–H and O–H groups in total. The van der Waals surface area contributed by atoms with Crippen LogP contribution in [0.3, 0.4) is 0 Å². The predicted molar refractivity (Wildman–Crippen MR) is 106 cm³/mol. The molecule has 1 aromatic carbocycles. The van der Waals surface area contributed by atoms with Crippen molar-refractivity contribution in [2.45, 2.75) is 52.4 Å². The molecule has 1 aliphatic rings. The number of aromatic nitrogens is 2. The molecule has 138 valence electrons. The van der Waals surface area contributed by atoms with Gasteiger partial charge in [0, 0.05) is 24.5 Å². The lowest BCUT2D eigenvalue weighted by Gasteiger charge is -2.21. The lowest BCUT2D eigenvalue weighted by Crippen LogP contribution is -2.27. The molecule has 1 fully saturated rings. The normalized spacial score (nSPS) is 15.0. The lowest BCUT2D eigenvalue weighted by atomic mass is 10.0. The van der Waals surface area contributed by atoms with E-state index in [0.29, 0.717) is 17.6 Å². The molecule has 26 heavy (non-hydrogen) atoms. The number of aryl methyl sites for hydroxylation is 1. The lowest BCUT2D eigenvalue weighted by molar-refractivity contribution is 0.102. The van der Waals surface area contributed by atoms with Gasteiger partial charge >= 0.3 is 0 Å². The summed E-state index contributed by atoms with van der Waals surface area (Å²) in [6.07, 6.45) is 4.81. The quantitative estimate of drug-likeness (QED) is 0.877. The van der Waals surface area contributed by atoms with Gasteiger partial charge in [-0.3, -0.25) is 4.79 Å². The van der Waals surface area contributed by atoms with Crippen molar-refractivity contribution in [1.82, 2.24) is 9.97 Å². The first kappa shape index (κ1) is 18.4. The van der Waals surface area contributed by atoms with E-state index >= 15 is 0 Å². The number of benzene rings is 1. The van der Waals surface area contributed by atoms with Crippen molar-refractivity contribution in [2.75, 3.05) is 23.3 Å². The molecule has 0 saturated carbocycles. The zero-order valence-electron chi connectivity index (χ0n) is 16.0. The molecule has 0 aliphatic carbocycles. The highest BCUT2D eigenvalue weighted by atomic mass is 16.1. The predicted octanol–water partition coefficient (Wildman–Crippen LogP) is 4.54. The van der Waals surface area contributed by atoms with E-state index in [1.54, 1.807) is 6.07 Å². The largest absolute Gasteiger partial charge is 0.341 e. The fourth-order valence-electron chi connectivity index (χ4n) is 3.38. The number of nitrogens with zero attached hydrogens (tertiary/aromatic N) is 3. The summed E-state index contributed by atoms with van der Waals surface area (Å²) >= 11 is 0. The van der Waals surface area contributed by atoms with Gasteiger partial charge in [0.15, 0.2) is 0 Å². The third kappa shape index (κ3) is 4.40. The van der Waals surface area contributed by atoms with Gasteiger partial charge in [-0.1, -0.05) is 44.9 Å². The zero-order chi connectivity index (χ0) is 18.5. The van der Waals surface area contributed by atoms with Crippen LogP contribution in [0.1, 0.15) is 67.2 Å². The van der Waals surface area contributed by atoms with Crippen LogP contribution in [0.25, 0.3) is 0 Å². The van der Waals surface area contributed by atoms with Gasteiger partial charge in [0.2, 0.25) is 5.95 Å². The number of para-hydroxylation sites is 1. The number of hydrogen-bond acceptors (Lipinski definition) is 4. The molecule has 3 rings (SSSR count). The van der Waals surface area contributed by atoms with Crippen LogP contribution >= 0.6 is 0 Å². The smallest absolute Gasteiger partial charge is 0.274 e. The maximum Gasteiger partial charge on any atom is 0.274 e. The summed E-state index contributed by atoms with van der Waals surface area (Å²) in [6.45, 7) is 8.08. The minimum Gasteiger partial charge on any atom is -0.341 e. The number of carbonyl (C=O) groups is 1. The van der Waals surface area contributed by atoms with Crippen LogP contribution in [0.4, 0.5) is 11.6 Å². The summed E-state index contributed by atoms with van der Waals surface area (Å²) in [5.74, 6) is 0.833. The van der Waals surface area contributed by atoms with Gasteiger partial charge in [-0.15, -0.1) is 0 Å². The molecule has 0 bridgehead atoms. The molecule has 0 unspecified atom stereocenters. The van der Waals surface area contributed by atoms with E-state index in [1.807, 2.05) is 31.2 Å². The second kappa shape index (κ2) is 8.30. The molecule has 1 aliphatic heterocycles. The Morgan fingerprint density at radius 2 is 1.77 bits per heavy atom. The third-order valence-corrected chi connectivity index (χ3v) is 4.79. The van der Waals surface area contributed by atoms with E-state index in [9.17, 15) is 4.79 Å². The van der Waals surface area contributed by atoms with Crippen molar-refractivity contribution in [1.29, 1.82) is 0 Å². The van der Waals surface area contributed by atoms with Crippen LogP contribution in [-0.2, 0) is 0 Å². The summed E-state index contributed by atoms with van der Waals surface area (Å²) < 4.78 is 0. The molecule has 2 heterocycles. The van der Waals surface area contributed by atoms with Gasteiger partial charge in [0.05, 0.1) is 0 Å². The van der Waals surface area contributed by atoms with Crippen LogP contribution in [0, 0.1) is 6.92 Å². The molecule has 1 saturated heterocycles. The van der Waals surface area contributed by atoms with E-state index in [4.69, 9.17) is 0 Å². The molecule has 5 heteroatoms. The van der Waals surface area contributed by atoms with Crippen molar-refractivity contribution < 1.29 is 4.79 Å². The van der Waals surface area contributed by atoms with Gasteiger partial charge in [-0.05, 0) is 43.4 Å². The van der Waals surface area contributed by atoms with Crippen LogP contribution in [0.15, 0.2) is 30.3 Å². The SMILES string of the molecule is Cc1cc(C(=O)Nc2ccccc2C(C)C)nc(N2CCCCCC2)n1. The molecule has 1 aromatic heterocycles. The Labute approximate surface area is 155 Å².